The topological polar surface area (TPSA) is 67.9 Å². The van der Waals surface area contributed by atoms with Gasteiger partial charge < -0.3 is 14.4 Å². The summed E-state index contributed by atoms with van der Waals surface area (Å²) in [6, 6.07) is 5.52. The van der Waals surface area contributed by atoms with E-state index < -0.39 is 0 Å². The summed E-state index contributed by atoms with van der Waals surface area (Å²) in [5, 5.41) is 2.48. The zero-order valence-electron chi connectivity index (χ0n) is 14.3. The summed E-state index contributed by atoms with van der Waals surface area (Å²) >= 11 is 4.84. The Morgan fingerprint density at radius 1 is 1.23 bits per heavy atom. The largest absolute Gasteiger partial charge is 0.482 e. The van der Waals surface area contributed by atoms with Crippen LogP contribution in [0.15, 0.2) is 24.0 Å². The van der Waals surface area contributed by atoms with Gasteiger partial charge in [0.1, 0.15) is 5.75 Å². The standard InChI is InChI=1S/C19H20N2O4S/c22-17-11-24-15-7-6-13(9-16-18(23)20-19(26)25-16)8-14(15)21(17)10-12-4-2-1-3-5-12/h6-9,12H,1-5,10-11H2,(H,20,23,26). The number of nitrogens with one attached hydrogen (secondary N) is 1. The number of hydrogen-bond donors (Lipinski definition) is 1. The van der Waals surface area contributed by atoms with Gasteiger partial charge in [0, 0.05) is 6.54 Å². The first kappa shape index (κ1) is 17.0. The molecule has 1 aromatic carbocycles. The molecule has 136 valence electrons. The lowest BCUT2D eigenvalue weighted by Gasteiger charge is -2.33. The van der Waals surface area contributed by atoms with Crippen molar-refractivity contribution in [3.05, 3.63) is 29.5 Å². The fourth-order valence-electron chi connectivity index (χ4n) is 3.71. The molecule has 7 heteroatoms. The Hall–Kier alpha value is -2.41. The summed E-state index contributed by atoms with van der Waals surface area (Å²) < 4.78 is 10.8. The van der Waals surface area contributed by atoms with Crippen LogP contribution in [-0.4, -0.2) is 30.1 Å². The van der Waals surface area contributed by atoms with Gasteiger partial charge in [0.15, 0.2) is 12.4 Å². The zero-order chi connectivity index (χ0) is 18.1. The Balaban J connectivity index is 1.61. The van der Waals surface area contributed by atoms with E-state index in [2.05, 4.69) is 5.32 Å². The molecule has 26 heavy (non-hydrogen) atoms. The van der Waals surface area contributed by atoms with Crippen LogP contribution < -0.4 is 15.0 Å². The SMILES string of the molecule is O=C1NC(=S)OC1=Cc1ccc2c(c1)N(CC1CCCCC1)C(=O)CO2. The van der Waals surface area contributed by atoms with Gasteiger partial charge in [-0.05, 0) is 54.7 Å². The average molecular weight is 372 g/mol. The van der Waals surface area contributed by atoms with E-state index in [9.17, 15) is 9.59 Å². The summed E-state index contributed by atoms with van der Waals surface area (Å²) in [5.41, 5.74) is 1.51. The Morgan fingerprint density at radius 3 is 2.77 bits per heavy atom. The number of carbonyl (C=O) groups excluding carboxylic acids is 2. The number of carbonyl (C=O) groups is 2. The zero-order valence-corrected chi connectivity index (χ0v) is 15.1. The van der Waals surface area contributed by atoms with Crippen LogP contribution in [0.25, 0.3) is 6.08 Å². The van der Waals surface area contributed by atoms with E-state index in [4.69, 9.17) is 21.7 Å². The van der Waals surface area contributed by atoms with E-state index in [1.54, 1.807) is 6.08 Å². The van der Waals surface area contributed by atoms with Crippen molar-refractivity contribution in [3.63, 3.8) is 0 Å². The highest BCUT2D eigenvalue weighted by molar-refractivity contribution is 7.80. The molecular formula is C19H20N2O4S. The van der Waals surface area contributed by atoms with Crippen molar-refractivity contribution in [1.82, 2.24) is 5.32 Å². The molecular weight excluding hydrogens is 352 g/mol. The molecule has 1 aromatic rings. The highest BCUT2D eigenvalue weighted by Gasteiger charge is 2.29. The summed E-state index contributed by atoms with van der Waals surface area (Å²) in [7, 11) is 0. The van der Waals surface area contributed by atoms with Gasteiger partial charge in [0.05, 0.1) is 5.69 Å². The fourth-order valence-corrected chi connectivity index (χ4v) is 3.89. The maximum absolute atomic E-state index is 12.5. The highest BCUT2D eigenvalue weighted by atomic mass is 32.1. The number of hydrogen-bond acceptors (Lipinski definition) is 5. The monoisotopic (exact) mass is 372 g/mol. The molecule has 2 amide bonds. The summed E-state index contributed by atoms with van der Waals surface area (Å²) in [4.78, 5) is 26.1. The molecule has 2 fully saturated rings. The molecule has 1 saturated heterocycles. The van der Waals surface area contributed by atoms with Crippen molar-refractivity contribution in [1.29, 1.82) is 0 Å². The lowest BCUT2D eigenvalue weighted by Crippen LogP contribution is -2.42. The van der Waals surface area contributed by atoms with Crippen molar-refractivity contribution in [3.8, 4) is 5.75 Å². The lowest BCUT2D eigenvalue weighted by molar-refractivity contribution is -0.121. The first-order valence-corrected chi connectivity index (χ1v) is 9.33. The third-order valence-corrected chi connectivity index (χ3v) is 5.22. The second-order valence-corrected chi connectivity index (χ2v) is 7.25. The summed E-state index contributed by atoms with van der Waals surface area (Å²) in [5.74, 6) is 0.983. The molecule has 2 heterocycles. The van der Waals surface area contributed by atoms with Gasteiger partial charge in [-0.3, -0.25) is 14.9 Å². The molecule has 0 unspecified atom stereocenters. The van der Waals surface area contributed by atoms with Crippen LogP contribution >= 0.6 is 12.2 Å². The quantitative estimate of drug-likeness (QED) is 0.653. The van der Waals surface area contributed by atoms with Crippen LogP contribution in [0.3, 0.4) is 0 Å². The van der Waals surface area contributed by atoms with Gasteiger partial charge in [-0.1, -0.05) is 25.3 Å². The molecule has 0 spiro atoms. The highest BCUT2D eigenvalue weighted by Crippen LogP contribution is 2.36. The van der Waals surface area contributed by atoms with Crippen molar-refractivity contribution >= 4 is 41.0 Å². The third kappa shape index (κ3) is 3.44. The minimum Gasteiger partial charge on any atom is -0.482 e. The first-order valence-electron chi connectivity index (χ1n) is 8.92. The van der Waals surface area contributed by atoms with Crippen LogP contribution in [0, 0.1) is 5.92 Å². The van der Waals surface area contributed by atoms with Crippen LogP contribution in [0.1, 0.15) is 37.7 Å². The third-order valence-electron chi connectivity index (χ3n) is 5.03. The Labute approximate surface area is 157 Å². The van der Waals surface area contributed by atoms with Crippen molar-refractivity contribution in [2.75, 3.05) is 18.1 Å². The van der Waals surface area contributed by atoms with Gasteiger partial charge in [0.25, 0.3) is 17.0 Å². The Bertz CT molecular complexity index is 799. The average Bonchev–Trinajstić information content (AvgIpc) is 2.95. The molecule has 2 aliphatic heterocycles. The van der Waals surface area contributed by atoms with Gasteiger partial charge in [0.2, 0.25) is 0 Å². The maximum atomic E-state index is 12.5. The van der Waals surface area contributed by atoms with E-state index in [0.717, 1.165) is 30.6 Å². The second-order valence-electron chi connectivity index (χ2n) is 6.88. The lowest BCUT2D eigenvalue weighted by atomic mass is 9.88. The molecule has 0 atom stereocenters. The van der Waals surface area contributed by atoms with Gasteiger partial charge in [-0.2, -0.15) is 0 Å². The number of rotatable bonds is 3. The summed E-state index contributed by atoms with van der Waals surface area (Å²) in [6.07, 6.45) is 7.69. The number of fused-ring (bicyclic) bond motifs is 1. The van der Waals surface area contributed by atoms with E-state index in [-0.39, 0.29) is 29.4 Å². The van der Waals surface area contributed by atoms with Crippen molar-refractivity contribution in [2.45, 2.75) is 32.1 Å². The number of nitrogens with zero attached hydrogens (tertiary/aromatic N) is 1. The minimum atomic E-state index is -0.362. The molecule has 4 rings (SSSR count). The molecule has 1 saturated carbocycles. The second kappa shape index (κ2) is 7.07. The summed E-state index contributed by atoms with van der Waals surface area (Å²) in [6.45, 7) is 0.788. The first-order chi connectivity index (χ1) is 12.6. The van der Waals surface area contributed by atoms with Crippen LogP contribution in [-0.2, 0) is 14.3 Å². The molecule has 1 aliphatic carbocycles. The van der Waals surface area contributed by atoms with Crippen molar-refractivity contribution < 1.29 is 19.1 Å². The minimum absolute atomic E-state index is 0.0242. The molecule has 0 radical (unpaired) electrons. The Morgan fingerprint density at radius 2 is 2.04 bits per heavy atom. The normalized spacial score (nSPS) is 22.1. The van der Waals surface area contributed by atoms with Crippen LogP contribution in [0.5, 0.6) is 5.75 Å². The molecule has 3 aliphatic rings. The Kier molecular flexibility index (Phi) is 4.63. The van der Waals surface area contributed by atoms with Crippen LogP contribution in [0.4, 0.5) is 5.69 Å². The van der Waals surface area contributed by atoms with Crippen LogP contribution in [0.2, 0.25) is 0 Å². The number of benzene rings is 1. The molecule has 0 aromatic heterocycles. The predicted molar refractivity (Wildman–Crippen MR) is 101 cm³/mol. The number of anilines is 1. The van der Waals surface area contributed by atoms with Gasteiger partial charge in [-0.25, -0.2) is 0 Å². The molecule has 1 N–H and O–H groups in total. The number of thiocarbonyl (C=S) groups is 1. The van der Waals surface area contributed by atoms with E-state index in [1.807, 2.05) is 23.1 Å². The number of amides is 2. The molecule has 6 nitrogen and oxygen atoms in total. The van der Waals surface area contributed by atoms with E-state index in [1.165, 1.54) is 19.3 Å². The maximum Gasteiger partial charge on any atom is 0.294 e. The predicted octanol–water partition coefficient (Wildman–Crippen LogP) is 2.76. The van der Waals surface area contributed by atoms with Gasteiger partial charge >= 0.3 is 0 Å². The smallest absolute Gasteiger partial charge is 0.294 e. The number of ether oxygens (including phenoxy) is 2. The van der Waals surface area contributed by atoms with E-state index in [0.29, 0.717) is 11.7 Å². The molecule has 0 bridgehead atoms. The fraction of sp³-hybridized carbons (Fsp3) is 0.421. The van der Waals surface area contributed by atoms with Crippen molar-refractivity contribution in [2.24, 2.45) is 5.92 Å². The van der Waals surface area contributed by atoms with E-state index >= 15 is 0 Å². The van der Waals surface area contributed by atoms with Gasteiger partial charge in [-0.15, -0.1) is 0 Å².